The molecule has 0 aliphatic carbocycles. The summed E-state index contributed by atoms with van der Waals surface area (Å²) >= 11 is 8.58. The molecule has 3 aromatic rings. The molecule has 1 heterocycles. The summed E-state index contributed by atoms with van der Waals surface area (Å²) in [4.78, 5) is 22.4. The number of thioether (sulfide) groups is 1. The number of nitro benzene ring substituents is 1. The Morgan fingerprint density at radius 2 is 2.00 bits per heavy atom. The van der Waals surface area contributed by atoms with Crippen LogP contribution < -0.4 is 5.32 Å². The van der Waals surface area contributed by atoms with Gasteiger partial charge in [-0.15, -0.1) is 10.2 Å². The van der Waals surface area contributed by atoms with Crippen molar-refractivity contribution in [1.29, 1.82) is 0 Å². The van der Waals surface area contributed by atoms with Crippen LogP contribution in [0.1, 0.15) is 15.9 Å². The second-order valence-corrected chi connectivity index (χ2v) is 7.69. The molecule has 0 saturated heterocycles. The molecule has 2 aromatic carbocycles. The number of amides is 1. The highest BCUT2D eigenvalue weighted by atomic mass is 35.5. The molecular weight excluding hydrogens is 396 g/mol. The van der Waals surface area contributed by atoms with Crippen molar-refractivity contribution < 1.29 is 9.72 Å². The lowest BCUT2D eigenvalue weighted by molar-refractivity contribution is -0.384. The van der Waals surface area contributed by atoms with E-state index in [9.17, 15) is 14.9 Å². The van der Waals surface area contributed by atoms with Crippen LogP contribution in [0.2, 0.25) is 5.02 Å². The molecule has 3 rings (SSSR count). The van der Waals surface area contributed by atoms with Gasteiger partial charge < -0.3 is 0 Å². The van der Waals surface area contributed by atoms with E-state index in [0.717, 1.165) is 5.56 Å². The SMILES string of the molecule is O=C(Nc1nnc(SCc2ccc(Cl)cc2)s1)c1cccc([N+](=O)[O-])c1. The lowest BCUT2D eigenvalue weighted by Gasteiger charge is -2.00. The van der Waals surface area contributed by atoms with E-state index < -0.39 is 10.8 Å². The highest BCUT2D eigenvalue weighted by Crippen LogP contribution is 2.29. The van der Waals surface area contributed by atoms with E-state index in [1.807, 2.05) is 24.3 Å². The van der Waals surface area contributed by atoms with Crippen LogP contribution in [0.4, 0.5) is 10.8 Å². The maximum Gasteiger partial charge on any atom is 0.270 e. The molecule has 1 N–H and O–H groups in total. The lowest BCUT2D eigenvalue weighted by Crippen LogP contribution is -2.11. The van der Waals surface area contributed by atoms with E-state index >= 15 is 0 Å². The van der Waals surface area contributed by atoms with E-state index in [-0.39, 0.29) is 11.3 Å². The van der Waals surface area contributed by atoms with Crippen LogP contribution >= 0.6 is 34.7 Å². The molecular formula is C16H11ClN4O3S2. The summed E-state index contributed by atoms with van der Waals surface area (Å²) in [6.45, 7) is 0. The molecule has 132 valence electrons. The van der Waals surface area contributed by atoms with Gasteiger partial charge in [-0.05, 0) is 23.8 Å². The molecule has 0 spiro atoms. The Balaban J connectivity index is 1.61. The molecule has 0 fully saturated rings. The van der Waals surface area contributed by atoms with Gasteiger partial charge in [0.2, 0.25) is 5.13 Å². The van der Waals surface area contributed by atoms with E-state index in [0.29, 0.717) is 20.2 Å². The number of halogens is 1. The minimum Gasteiger partial charge on any atom is -0.296 e. The smallest absolute Gasteiger partial charge is 0.270 e. The van der Waals surface area contributed by atoms with Gasteiger partial charge >= 0.3 is 0 Å². The van der Waals surface area contributed by atoms with Gasteiger partial charge in [-0.25, -0.2) is 0 Å². The Kier molecular flexibility index (Phi) is 5.82. The van der Waals surface area contributed by atoms with Crippen LogP contribution in [0.5, 0.6) is 0 Å². The number of nitrogens with one attached hydrogen (secondary N) is 1. The first kappa shape index (κ1) is 18.3. The van der Waals surface area contributed by atoms with Crippen LogP contribution in [0.3, 0.4) is 0 Å². The molecule has 26 heavy (non-hydrogen) atoms. The number of hydrogen-bond donors (Lipinski definition) is 1. The second-order valence-electron chi connectivity index (χ2n) is 5.05. The van der Waals surface area contributed by atoms with Crippen molar-refractivity contribution in [3.05, 3.63) is 74.8 Å². The van der Waals surface area contributed by atoms with Crippen LogP contribution in [-0.2, 0) is 5.75 Å². The Morgan fingerprint density at radius 1 is 1.23 bits per heavy atom. The van der Waals surface area contributed by atoms with Crippen molar-refractivity contribution in [3.8, 4) is 0 Å². The van der Waals surface area contributed by atoms with Crippen LogP contribution in [0.15, 0.2) is 52.9 Å². The van der Waals surface area contributed by atoms with Crippen molar-refractivity contribution in [1.82, 2.24) is 10.2 Å². The summed E-state index contributed by atoms with van der Waals surface area (Å²) in [5.74, 6) is 0.226. The first-order chi connectivity index (χ1) is 12.5. The molecule has 10 heteroatoms. The summed E-state index contributed by atoms with van der Waals surface area (Å²) in [7, 11) is 0. The standard InChI is InChI=1S/C16H11ClN4O3S2/c17-12-6-4-10(5-7-12)9-25-16-20-19-15(26-16)18-14(22)11-2-1-3-13(8-11)21(23)24/h1-8H,9H2,(H,18,19,22). The molecule has 1 amide bonds. The number of anilines is 1. The zero-order valence-electron chi connectivity index (χ0n) is 13.1. The average Bonchev–Trinajstić information content (AvgIpc) is 3.08. The van der Waals surface area contributed by atoms with Gasteiger partial charge in [0.1, 0.15) is 0 Å². The van der Waals surface area contributed by atoms with Crippen molar-refractivity contribution in [2.75, 3.05) is 5.32 Å². The quantitative estimate of drug-likeness (QED) is 0.277. The predicted molar refractivity (Wildman–Crippen MR) is 102 cm³/mol. The van der Waals surface area contributed by atoms with Gasteiger partial charge in [0.05, 0.1) is 4.92 Å². The minimum absolute atomic E-state index is 0.144. The normalized spacial score (nSPS) is 10.5. The second kappa shape index (κ2) is 8.26. The predicted octanol–water partition coefficient (Wildman–Crippen LogP) is 4.64. The van der Waals surface area contributed by atoms with Crippen molar-refractivity contribution >= 4 is 51.4 Å². The molecule has 0 aliphatic heterocycles. The first-order valence-electron chi connectivity index (χ1n) is 7.28. The van der Waals surface area contributed by atoms with Gasteiger partial charge in [-0.2, -0.15) is 0 Å². The molecule has 0 atom stereocenters. The summed E-state index contributed by atoms with van der Waals surface area (Å²) in [5.41, 5.74) is 1.13. The number of carbonyl (C=O) groups excluding carboxylic acids is 1. The third-order valence-electron chi connectivity index (χ3n) is 3.22. The largest absolute Gasteiger partial charge is 0.296 e. The number of carbonyl (C=O) groups is 1. The van der Waals surface area contributed by atoms with E-state index in [1.54, 1.807) is 0 Å². The maximum absolute atomic E-state index is 12.2. The van der Waals surface area contributed by atoms with Crippen LogP contribution in [-0.4, -0.2) is 21.0 Å². The number of rotatable bonds is 6. The number of benzene rings is 2. The van der Waals surface area contributed by atoms with E-state index in [1.165, 1.54) is 47.4 Å². The first-order valence-corrected chi connectivity index (χ1v) is 9.46. The van der Waals surface area contributed by atoms with Crippen molar-refractivity contribution in [3.63, 3.8) is 0 Å². The number of nitro groups is 1. The Bertz CT molecular complexity index is 947. The molecule has 0 unspecified atom stereocenters. The van der Waals surface area contributed by atoms with E-state index in [2.05, 4.69) is 15.5 Å². The van der Waals surface area contributed by atoms with Gasteiger partial charge in [-0.1, -0.05) is 52.9 Å². The van der Waals surface area contributed by atoms with Gasteiger partial charge in [0.25, 0.3) is 11.6 Å². The van der Waals surface area contributed by atoms with Crippen molar-refractivity contribution in [2.24, 2.45) is 0 Å². The van der Waals surface area contributed by atoms with Gasteiger partial charge in [0.15, 0.2) is 4.34 Å². The molecule has 1 aromatic heterocycles. The molecule has 7 nitrogen and oxygen atoms in total. The topological polar surface area (TPSA) is 98.0 Å². The highest BCUT2D eigenvalue weighted by Gasteiger charge is 2.14. The summed E-state index contributed by atoms with van der Waals surface area (Å²) in [6, 6.07) is 13.0. The summed E-state index contributed by atoms with van der Waals surface area (Å²) < 4.78 is 0.703. The fraction of sp³-hybridized carbons (Fsp3) is 0.0625. The third-order valence-corrected chi connectivity index (χ3v) is 5.52. The van der Waals surface area contributed by atoms with Crippen molar-refractivity contribution in [2.45, 2.75) is 10.1 Å². The zero-order valence-corrected chi connectivity index (χ0v) is 15.5. The molecule has 0 radical (unpaired) electrons. The highest BCUT2D eigenvalue weighted by molar-refractivity contribution is 8.00. The number of nitrogens with zero attached hydrogens (tertiary/aromatic N) is 3. The summed E-state index contributed by atoms with van der Waals surface area (Å²) in [6.07, 6.45) is 0. The average molecular weight is 407 g/mol. The van der Waals surface area contributed by atoms with Crippen LogP contribution in [0, 0.1) is 10.1 Å². The van der Waals surface area contributed by atoms with E-state index in [4.69, 9.17) is 11.6 Å². The maximum atomic E-state index is 12.2. The molecule has 0 saturated carbocycles. The minimum atomic E-state index is -0.548. The lowest BCUT2D eigenvalue weighted by atomic mass is 10.2. The Hall–Kier alpha value is -2.49. The summed E-state index contributed by atoms with van der Waals surface area (Å²) in [5, 5.41) is 22.4. The fourth-order valence-electron chi connectivity index (χ4n) is 1.97. The van der Waals surface area contributed by atoms with Gasteiger partial charge in [0, 0.05) is 28.5 Å². The zero-order chi connectivity index (χ0) is 18.5. The van der Waals surface area contributed by atoms with Crippen LogP contribution in [0.25, 0.3) is 0 Å². The molecule has 0 bridgehead atoms. The Morgan fingerprint density at radius 3 is 2.73 bits per heavy atom. The number of non-ortho nitro benzene ring substituents is 1. The third kappa shape index (κ3) is 4.78. The molecule has 0 aliphatic rings. The monoisotopic (exact) mass is 406 g/mol. The Labute approximate surface area is 161 Å². The number of hydrogen-bond acceptors (Lipinski definition) is 7. The fourth-order valence-corrected chi connectivity index (χ4v) is 3.80. The van der Waals surface area contributed by atoms with Gasteiger partial charge in [-0.3, -0.25) is 20.2 Å². The number of aromatic nitrogens is 2.